The highest BCUT2D eigenvalue weighted by molar-refractivity contribution is 9.10. The molecule has 5 heteroatoms. The first-order valence-electron chi connectivity index (χ1n) is 6.02. The Balaban J connectivity index is 1.69. The van der Waals surface area contributed by atoms with Gasteiger partial charge in [0, 0.05) is 41.6 Å². The molecule has 0 saturated carbocycles. The van der Waals surface area contributed by atoms with Crippen LogP contribution in [0.5, 0.6) is 0 Å². The zero-order chi connectivity index (χ0) is 12.1. The molecule has 1 saturated heterocycles. The molecule has 2 rings (SSSR count). The zero-order valence-corrected chi connectivity index (χ0v) is 12.5. The quantitative estimate of drug-likeness (QED) is 0.901. The van der Waals surface area contributed by atoms with Crippen LogP contribution in [0.2, 0.25) is 0 Å². The normalized spacial score (nSPS) is 19.4. The van der Waals surface area contributed by atoms with E-state index in [9.17, 15) is 0 Å². The maximum atomic E-state index is 5.36. The average molecular weight is 319 g/mol. The molecule has 1 N–H and O–H groups in total. The molecule has 0 aliphatic carbocycles. The maximum absolute atomic E-state index is 5.36. The molecule has 0 spiro atoms. The number of nitrogens with zero attached hydrogens (tertiary/aromatic N) is 1. The summed E-state index contributed by atoms with van der Waals surface area (Å²) in [4.78, 5) is 3.86. The Labute approximate surface area is 115 Å². The fraction of sp³-hybridized carbons (Fsp3) is 0.667. The Morgan fingerprint density at radius 3 is 2.94 bits per heavy atom. The van der Waals surface area contributed by atoms with E-state index >= 15 is 0 Å². The lowest BCUT2D eigenvalue weighted by Gasteiger charge is -2.32. The Morgan fingerprint density at radius 1 is 1.53 bits per heavy atom. The lowest BCUT2D eigenvalue weighted by Crippen LogP contribution is -2.46. The Hall–Kier alpha value is 0.0600. The number of halogens is 1. The number of thiophene rings is 1. The molecule has 1 aliphatic rings. The van der Waals surface area contributed by atoms with Crippen molar-refractivity contribution in [1.29, 1.82) is 0 Å². The Morgan fingerprint density at radius 2 is 2.29 bits per heavy atom. The molecule has 1 atom stereocenters. The van der Waals surface area contributed by atoms with Gasteiger partial charge in [0.25, 0.3) is 0 Å². The van der Waals surface area contributed by atoms with Crippen LogP contribution in [0.3, 0.4) is 0 Å². The van der Waals surface area contributed by atoms with E-state index in [2.05, 4.69) is 44.5 Å². The molecule has 96 valence electrons. The zero-order valence-electron chi connectivity index (χ0n) is 10.1. The van der Waals surface area contributed by atoms with Crippen molar-refractivity contribution in [3.05, 3.63) is 20.8 Å². The minimum Gasteiger partial charge on any atom is -0.379 e. The number of rotatable bonds is 5. The van der Waals surface area contributed by atoms with Crippen LogP contribution in [-0.4, -0.2) is 43.8 Å². The van der Waals surface area contributed by atoms with Crippen molar-refractivity contribution in [2.45, 2.75) is 19.5 Å². The van der Waals surface area contributed by atoms with Gasteiger partial charge in [-0.25, -0.2) is 0 Å². The molecule has 3 nitrogen and oxygen atoms in total. The number of morpholine rings is 1. The number of ether oxygens (including phenoxy) is 1. The fourth-order valence-electron chi connectivity index (χ4n) is 1.99. The van der Waals surface area contributed by atoms with Gasteiger partial charge in [-0.15, -0.1) is 11.3 Å². The molecule has 1 fully saturated rings. The molecular formula is C12H19BrN2OS. The minimum atomic E-state index is 0.581. The summed E-state index contributed by atoms with van der Waals surface area (Å²) in [7, 11) is 0. The second-order valence-corrected chi connectivity index (χ2v) is 6.17. The van der Waals surface area contributed by atoms with Crippen LogP contribution in [0.1, 0.15) is 11.8 Å². The summed E-state index contributed by atoms with van der Waals surface area (Å²) in [6.45, 7) is 8.14. The predicted molar refractivity (Wildman–Crippen MR) is 75.6 cm³/mol. The molecule has 2 heterocycles. The standard InChI is InChI=1S/C12H19BrN2OS/c1-10(15-3-5-16-6-4-15)8-14-9-12-11(13)2-7-17-12/h2,7,10,14H,3-6,8-9H2,1H3/t10-/m1/s1. The van der Waals surface area contributed by atoms with E-state index in [0.717, 1.165) is 39.4 Å². The largest absolute Gasteiger partial charge is 0.379 e. The van der Waals surface area contributed by atoms with Crippen LogP contribution in [0.15, 0.2) is 15.9 Å². The Kier molecular flexibility index (Phi) is 5.44. The van der Waals surface area contributed by atoms with Crippen LogP contribution in [0.4, 0.5) is 0 Å². The average Bonchev–Trinajstić information content (AvgIpc) is 2.76. The van der Waals surface area contributed by atoms with Crippen LogP contribution in [0.25, 0.3) is 0 Å². The maximum Gasteiger partial charge on any atom is 0.0594 e. The third-order valence-corrected chi connectivity index (χ3v) is 5.01. The second kappa shape index (κ2) is 6.85. The third kappa shape index (κ3) is 4.03. The lowest BCUT2D eigenvalue weighted by atomic mass is 10.2. The van der Waals surface area contributed by atoms with Gasteiger partial charge in [-0.3, -0.25) is 4.90 Å². The van der Waals surface area contributed by atoms with E-state index in [-0.39, 0.29) is 0 Å². The first-order valence-corrected chi connectivity index (χ1v) is 7.69. The van der Waals surface area contributed by atoms with Crippen molar-refractivity contribution >= 4 is 27.3 Å². The third-order valence-electron chi connectivity index (χ3n) is 3.09. The first-order chi connectivity index (χ1) is 8.27. The molecule has 0 aromatic carbocycles. The van der Waals surface area contributed by atoms with Gasteiger partial charge in [-0.05, 0) is 34.3 Å². The molecule has 1 aliphatic heterocycles. The molecule has 1 aromatic heterocycles. The molecule has 0 unspecified atom stereocenters. The summed E-state index contributed by atoms with van der Waals surface area (Å²) in [5.74, 6) is 0. The van der Waals surface area contributed by atoms with Gasteiger partial charge in [0.15, 0.2) is 0 Å². The summed E-state index contributed by atoms with van der Waals surface area (Å²) in [5.41, 5.74) is 0. The summed E-state index contributed by atoms with van der Waals surface area (Å²) in [5, 5.41) is 5.64. The predicted octanol–water partition coefficient (Wildman–Crippen LogP) is 2.32. The van der Waals surface area contributed by atoms with E-state index in [1.54, 1.807) is 11.3 Å². The Bertz CT molecular complexity index is 339. The first kappa shape index (κ1) is 13.5. The van der Waals surface area contributed by atoms with Crippen molar-refractivity contribution in [3.8, 4) is 0 Å². The van der Waals surface area contributed by atoms with Crippen LogP contribution in [-0.2, 0) is 11.3 Å². The molecule has 0 radical (unpaired) electrons. The van der Waals surface area contributed by atoms with E-state index < -0.39 is 0 Å². The summed E-state index contributed by atoms with van der Waals surface area (Å²) >= 11 is 5.35. The van der Waals surface area contributed by atoms with Gasteiger partial charge in [0.05, 0.1) is 13.2 Å². The molecule has 17 heavy (non-hydrogen) atoms. The summed E-state index contributed by atoms with van der Waals surface area (Å²) in [6.07, 6.45) is 0. The van der Waals surface area contributed by atoms with Crippen molar-refractivity contribution in [1.82, 2.24) is 10.2 Å². The summed E-state index contributed by atoms with van der Waals surface area (Å²) in [6, 6.07) is 2.69. The smallest absolute Gasteiger partial charge is 0.0594 e. The highest BCUT2D eigenvalue weighted by Crippen LogP contribution is 2.22. The summed E-state index contributed by atoms with van der Waals surface area (Å²) < 4.78 is 6.58. The van der Waals surface area contributed by atoms with E-state index in [1.807, 2.05) is 0 Å². The van der Waals surface area contributed by atoms with Crippen molar-refractivity contribution in [2.24, 2.45) is 0 Å². The number of nitrogens with one attached hydrogen (secondary N) is 1. The van der Waals surface area contributed by atoms with Crippen molar-refractivity contribution in [3.63, 3.8) is 0 Å². The minimum absolute atomic E-state index is 0.581. The van der Waals surface area contributed by atoms with Crippen LogP contribution in [0, 0.1) is 0 Å². The molecule has 1 aromatic rings. The van der Waals surface area contributed by atoms with Gasteiger partial charge in [0.2, 0.25) is 0 Å². The van der Waals surface area contributed by atoms with E-state index in [4.69, 9.17) is 4.74 Å². The van der Waals surface area contributed by atoms with Crippen LogP contribution >= 0.6 is 27.3 Å². The van der Waals surface area contributed by atoms with Gasteiger partial charge >= 0.3 is 0 Å². The van der Waals surface area contributed by atoms with Crippen LogP contribution < -0.4 is 5.32 Å². The topological polar surface area (TPSA) is 24.5 Å². The monoisotopic (exact) mass is 318 g/mol. The molecule has 0 amide bonds. The lowest BCUT2D eigenvalue weighted by molar-refractivity contribution is 0.0203. The van der Waals surface area contributed by atoms with Crippen molar-refractivity contribution in [2.75, 3.05) is 32.8 Å². The number of hydrogen-bond donors (Lipinski definition) is 1. The van der Waals surface area contributed by atoms with Gasteiger partial charge in [-0.1, -0.05) is 0 Å². The highest BCUT2D eigenvalue weighted by Gasteiger charge is 2.16. The van der Waals surface area contributed by atoms with E-state index in [1.165, 1.54) is 9.35 Å². The second-order valence-electron chi connectivity index (χ2n) is 4.32. The number of hydrogen-bond acceptors (Lipinski definition) is 4. The highest BCUT2D eigenvalue weighted by atomic mass is 79.9. The van der Waals surface area contributed by atoms with Gasteiger partial charge < -0.3 is 10.1 Å². The molecular weight excluding hydrogens is 300 g/mol. The van der Waals surface area contributed by atoms with Gasteiger partial charge in [0.1, 0.15) is 0 Å². The van der Waals surface area contributed by atoms with Gasteiger partial charge in [-0.2, -0.15) is 0 Å². The van der Waals surface area contributed by atoms with Crippen molar-refractivity contribution < 1.29 is 4.74 Å². The molecule has 0 bridgehead atoms. The van der Waals surface area contributed by atoms with E-state index in [0.29, 0.717) is 6.04 Å². The SMILES string of the molecule is C[C@H](CNCc1sccc1Br)N1CCOCC1. The fourth-order valence-corrected chi connectivity index (χ4v) is 3.46.